The second-order valence-corrected chi connectivity index (χ2v) is 6.47. The molecule has 0 radical (unpaired) electrons. The molecule has 1 aromatic heterocycles. The molecule has 6 nitrogen and oxygen atoms in total. The number of piperidine rings is 1. The highest BCUT2D eigenvalue weighted by molar-refractivity contribution is 9.10. The summed E-state index contributed by atoms with van der Waals surface area (Å²) in [6.45, 7) is 1.35. The van der Waals surface area contributed by atoms with Crippen molar-refractivity contribution in [3.8, 4) is 0 Å². The molecular formula is C16H17BrN4O2. The number of hydrogen-bond acceptors (Lipinski definition) is 3. The number of H-pyrrole nitrogens is 1. The molecule has 7 heteroatoms. The van der Waals surface area contributed by atoms with Gasteiger partial charge >= 0.3 is 0 Å². The molecule has 1 aromatic carbocycles. The van der Waals surface area contributed by atoms with Crippen LogP contribution in [0.25, 0.3) is 0 Å². The topological polar surface area (TPSA) is 92.1 Å². The SMILES string of the molecule is NC(=O)c1cc(C2CCN(C(=O)c3ccccc3Br)CC2)[nH]n1. The first-order valence-corrected chi connectivity index (χ1v) is 8.24. The van der Waals surface area contributed by atoms with Crippen molar-refractivity contribution in [2.45, 2.75) is 18.8 Å². The van der Waals surface area contributed by atoms with Gasteiger partial charge in [0.1, 0.15) is 5.69 Å². The summed E-state index contributed by atoms with van der Waals surface area (Å²) in [5.74, 6) is -0.230. The minimum atomic E-state index is -0.533. The second kappa shape index (κ2) is 6.54. The molecule has 1 aliphatic rings. The summed E-state index contributed by atoms with van der Waals surface area (Å²) < 4.78 is 0.812. The number of nitrogens with two attached hydrogens (primary N) is 1. The van der Waals surface area contributed by atoms with Crippen LogP contribution >= 0.6 is 15.9 Å². The van der Waals surface area contributed by atoms with Crippen molar-refractivity contribution in [1.82, 2.24) is 15.1 Å². The number of rotatable bonds is 3. The van der Waals surface area contributed by atoms with E-state index in [4.69, 9.17) is 5.73 Å². The van der Waals surface area contributed by atoms with Gasteiger partial charge in [0, 0.05) is 29.2 Å². The van der Waals surface area contributed by atoms with Crippen LogP contribution in [-0.4, -0.2) is 40.0 Å². The molecule has 0 spiro atoms. The van der Waals surface area contributed by atoms with Crippen LogP contribution in [-0.2, 0) is 0 Å². The fourth-order valence-electron chi connectivity index (χ4n) is 2.87. The van der Waals surface area contributed by atoms with Gasteiger partial charge in [0.15, 0.2) is 0 Å². The number of carbonyl (C=O) groups excluding carboxylic acids is 2. The zero-order valence-electron chi connectivity index (χ0n) is 12.5. The van der Waals surface area contributed by atoms with Crippen molar-refractivity contribution in [1.29, 1.82) is 0 Å². The fourth-order valence-corrected chi connectivity index (χ4v) is 3.32. The van der Waals surface area contributed by atoms with E-state index in [1.165, 1.54) is 0 Å². The van der Waals surface area contributed by atoms with E-state index >= 15 is 0 Å². The van der Waals surface area contributed by atoms with Gasteiger partial charge in [-0.3, -0.25) is 14.7 Å². The molecule has 1 aliphatic heterocycles. The van der Waals surface area contributed by atoms with E-state index in [1.54, 1.807) is 6.07 Å². The van der Waals surface area contributed by atoms with Crippen molar-refractivity contribution in [3.63, 3.8) is 0 Å². The number of nitrogens with zero attached hydrogens (tertiary/aromatic N) is 2. The summed E-state index contributed by atoms with van der Waals surface area (Å²) in [7, 11) is 0. The number of halogens is 1. The fraction of sp³-hybridized carbons (Fsp3) is 0.312. The largest absolute Gasteiger partial charge is 0.364 e. The second-order valence-electron chi connectivity index (χ2n) is 5.62. The Bertz CT molecular complexity index is 735. The number of nitrogens with one attached hydrogen (secondary N) is 1. The van der Waals surface area contributed by atoms with E-state index in [2.05, 4.69) is 26.1 Å². The average Bonchev–Trinajstić information content (AvgIpc) is 3.05. The molecule has 0 aliphatic carbocycles. The first kappa shape index (κ1) is 15.7. The third-order valence-electron chi connectivity index (χ3n) is 4.18. The Hall–Kier alpha value is -2.15. The first-order valence-electron chi connectivity index (χ1n) is 7.45. The molecule has 3 rings (SSSR count). The Labute approximate surface area is 142 Å². The van der Waals surface area contributed by atoms with Gasteiger partial charge in [-0.1, -0.05) is 12.1 Å². The lowest BCUT2D eigenvalue weighted by Gasteiger charge is -2.31. The first-order chi connectivity index (χ1) is 11.1. The summed E-state index contributed by atoms with van der Waals surface area (Å²) in [4.78, 5) is 25.5. The molecule has 2 amide bonds. The predicted octanol–water partition coefficient (Wildman–Crippen LogP) is 2.29. The van der Waals surface area contributed by atoms with E-state index in [1.807, 2.05) is 29.2 Å². The smallest absolute Gasteiger partial charge is 0.269 e. The molecule has 0 bridgehead atoms. The van der Waals surface area contributed by atoms with Crippen LogP contribution in [0.1, 0.15) is 45.3 Å². The van der Waals surface area contributed by atoms with Crippen molar-refractivity contribution in [3.05, 3.63) is 51.8 Å². The van der Waals surface area contributed by atoms with Crippen molar-refractivity contribution in [2.75, 3.05) is 13.1 Å². The molecule has 0 atom stereocenters. The van der Waals surface area contributed by atoms with Crippen LogP contribution < -0.4 is 5.73 Å². The third kappa shape index (κ3) is 3.29. The highest BCUT2D eigenvalue weighted by Gasteiger charge is 2.26. The van der Waals surface area contributed by atoms with Gasteiger partial charge < -0.3 is 10.6 Å². The van der Waals surface area contributed by atoms with Gasteiger partial charge in [-0.25, -0.2) is 0 Å². The summed E-state index contributed by atoms with van der Waals surface area (Å²) in [6, 6.07) is 9.16. The maximum atomic E-state index is 12.6. The average molecular weight is 377 g/mol. The number of amides is 2. The van der Waals surface area contributed by atoms with Crippen LogP contribution in [0, 0.1) is 0 Å². The maximum Gasteiger partial charge on any atom is 0.269 e. The number of benzene rings is 1. The highest BCUT2D eigenvalue weighted by atomic mass is 79.9. The molecule has 23 heavy (non-hydrogen) atoms. The van der Waals surface area contributed by atoms with Crippen LogP contribution in [0.5, 0.6) is 0 Å². The van der Waals surface area contributed by atoms with Crippen LogP contribution in [0.2, 0.25) is 0 Å². The normalized spacial score (nSPS) is 15.6. The zero-order valence-corrected chi connectivity index (χ0v) is 14.0. The maximum absolute atomic E-state index is 12.6. The van der Waals surface area contributed by atoms with Gasteiger partial charge in [-0.2, -0.15) is 5.10 Å². The monoisotopic (exact) mass is 376 g/mol. The van der Waals surface area contributed by atoms with E-state index in [-0.39, 0.29) is 17.5 Å². The van der Waals surface area contributed by atoms with Crippen LogP contribution in [0.4, 0.5) is 0 Å². The van der Waals surface area contributed by atoms with Crippen molar-refractivity contribution < 1.29 is 9.59 Å². The quantitative estimate of drug-likeness (QED) is 0.860. The standard InChI is InChI=1S/C16H17BrN4O2/c17-12-4-2-1-3-11(12)16(23)21-7-5-10(6-8-21)13-9-14(15(18)22)20-19-13/h1-4,9-10H,5-8H2,(H2,18,22)(H,19,20). The van der Waals surface area contributed by atoms with Crippen LogP contribution in [0.3, 0.4) is 0 Å². The third-order valence-corrected chi connectivity index (χ3v) is 4.87. The number of carbonyl (C=O) groups is 2. The molecule has 0 saturated carbocycles. The number of likely N-dealkylation sites (tertiary alicyclic amines) is 1. The Morgan fingerprint density at radius 1 is 1.26 bits per heavy atom. The Morgan fingerprint density at radius 3 is 2.57 bits per heavy atom. The predicted molar refractivity (Wildman–Crippen MR) is 89.1 cm³/mol. The number of aromatic nitrogens is 2. The lowest BCUT2D eigenvalue weighted by Crippen LogP contribution is -2.38. The lowest BCUT2D eigenvalue weighted by atomic mass is 9.93. The minimum absolute atomic E-state index is 0.0401. The highest BCUT2D eigenvalue weighted by Crippen LogP contribution is 2.28. The minimum Gasteiger partial charge on any atom is -0.364 e. The summed E-state index contributed by atoms with van der Waals surface area (Å²) in [5.41, 5.74) is 7.07. The van der Waals surface area contributed by atoms with E-state index in [0.29, 0.717) is 18.7 Å². The van der Waals surface area contributed by atoms with Gasteiger partial charge in [-0.15, -0.1) is 0 Å². The Kier molecular flexibility index (Phi) is 4.47. The van der Waals surface area contributed by atoms with Gasteiger partial charge in [-0.05, 0) is 47.0 Å². The number of hydrogen-bond donors (Lipinski definition) is 2. The molecule has 3 N–H and O–H groups in total. The zero-order chi connectivity index (χ0) is 16.4. The van der Waals surface area contributed by atoms with E-state index in [9.17, 15) is 9.59 Å². The summed E-state index contributed by atoms with van der Waals surface area (Å²) >= 11 is 3.42. The van der Waals surface area contributed by atoms with Gasteiger partial charge in [0.25, 0.3) is 11.8 Å². The Morgan fingerprint density at radius 2 is 1.96 bits per heavy atom. The number of primary amides is 1. The van der Waals surface area contributed by atoms with Crippen molar-refractivity contribution in [2.24, 2.45) is 5.73 Å². The van der Waals surface area contributed by atoms with Crippen LogP contribution in [0.15, 0.2) is 34.8 Å². The molecule has 120 valence electrons. The van der Waals surface area contributed by atoms with Gasteiger partial charge in [0.2, 0.25) is 0 Å². The molecule has 2 heterocycles. The summed E-state index contributed by atoms with van der Waals surface area (Å²) in [5, 5.41) is 6.80. The molecule has 0 unspecified atom stereocenters. The van der Waals surface area contributed by atoms with Gasteiger partial charge in [0.05, 0.1) is 5.56 Å². The number of aromatic amines is 1. The van der Waals surface area contributed by atoms with E-state index < -0.39 is 5.91 Å². The lowest BCUT2D eigenvalue weighted by molar-refractivity contribution is 0.0711. The molecule has 1 saturated heterocycles. The molecule has 1 fully saturated rings. The summed E-state index contributed by atoms with van der Waals surface area (Å²) in [6.07, 6.45) is 1.66. The molecule has 2 aromatic rings. The molecular weight excluding hydrogens is 360 g/mol. The van der Waals surface area contributed by atoms with Crippen molar-refractivity contribution >= 4 is 27.7 Å². The van der Waals surface area contributed by atoms with E-state index in [0.717, 1.165) is 23.0 Å². The Balaban J connectivity index is 1.65.